The molecule has 0 amide bonds. The Bertz CT molecular complexity index is 264. The van der Waals surface area contributed by atoms with Crippen LogP contribution in [0.4, 0.5) is 0 Å². The van der Waals surface area contributed by atoms with Crippen molar-refractivity contribution in [3.63, 3.8) is 0 Å². The molecule has 92 valence electrons. The molecule has 1 aliphatic carbocycles. The molecule has 2 heteroatoms. The Labute approximate surface area is 98.7 Å². The van der Waals surface area contributed by atoms with E-state index < -0.39 is 0 Å². The Balaban J connectivity index is 2.44. The summed E-state index contributed by atoms with van der Waals surface area (Å²) in [5, 5.41) is 19.4. The summed E-state index contributed by atoms with van der Waals surface area (Å²) in [7, 11) is 0. The van der Waals surface area contributed by atoms with E-state index in [1.165, 1.54) is 5.57 Å². The van der Waals surface area contributed by atoms with Crippen molar-refractivity contribution in [2.75, 3.05) is 0 Å². The molecule has 1 rings (SSSR count). The van der Waals surface area contributed by atoms with E-state index in [1.54, 1.807) is 12.2 Å². The molecule has 0 aliphatic heterocycles. The van der Waals surface area contributed by atoms with Crippen molar-refractivity contribution in [1.82, 2.24) is 0 Å². The van der Waals surface area contributed by atoms with E-state index in [0.717, 1.165) is 12.8 Å². The van der Waals surface area contributed by atoms with Crippen LogP contribution in [0.25, 0.3) is 0 Å². The van der Waals surface area contributed by atoms with E-state index in [4.69, 9.17) is 0 Å². The van der Waals surface area contributed by atoms with Crippen molar-refractivity contribution < 1.29 is 10.2 Å². The van der Waals surface area contributed by atoms with Gasteiger partial charge in [-0.1, -0.05) is 30.7 Å². The van der Waals surface area contributed by atoms with Gasteiger partial charge in [0, 0.05) is 0 Å². The molecule has 4 unspecified atom stereocenters. The number of rotatable bonds is 4. The van der Waals surface area contributed by atoms with Crippen molar-refractivity contribution in [2.24, 2.45) is 11.8 Å². The fraction of sp³-hybridized carbons (Fsp3) is 0.714. The normalized spacial score (nSPS) is 31.2. The molecule has 16 heavy (non-hydrogen) atoms. The van der Waals surface area contributed by atoms with Crippen LogP contribution >= 0.6 is 0 Å². The third-order valence-corrected chi connectivity index (χ3v) is 3.39. The highest BCUT2D eigenvalue weighted by atomic mass is 16.3. The van der Waals surface area contributed by atoms with Gasteiger partial charge in [-0.2, -0.15) is 0 Å². The monoisotopic (exact) mass is 224 g/mol. The van der Waals surface area contributed by atoms with Crippen LogP contribution in [-0.4, -0.2) is 22.4 Å². The first-order chi connectivity index (χ1) is 7.50. The molecule has 2 nitrogen and oxygen atoms in total. The molecular weight excluding hydrogens is 200 g/mol. The number of allylic oxidation sites excluding steroid dienone is 2. The maximum Gasteiger partial charge on any atom is 0.0753 e. The largest absolute Gasteiger partial charge is 0.389 e. The molecule has 0 spiro atoms. The average Bonchev–Trinajstić information content (AvgIpc) is 2.21. The van der Waals surface area contributed by atoms with Crippen LogP contribution in [0.3, 0.4) is 0 Å². The summed E-state index contributed by atoms with van der Waals surface area (Å²) in [6.45, 7) is 6.37. The first-order valence-corrected chi connectivity index (χ1v) is 6.18. The van der Waals surface area contributed by atoms with Gasteiger partial charge in [-0.15, -0.1) is 0 Å². The number of aliphatic hydroxyl groups excluding tert-OH is 2. The van der Waals surface area contributed by atoms with Crippen LogP contribution in [0.1, 0.15) is 40.0 Å². The number of hydrogen-bond acceptors (Lipinski definition) is 2. The Hall–Kier alpha value is -0.600. The first kappa shape index (κ1) is 13.5. The predicted octanol–water partition coefficient (Wildman–Crippen LogP) is 2.67. The molecular formula is C14H24O2. The van der Waals surface area contributed by atoms with Gasteiger partial charge in [-0.25, -0.2) is 0 Å². The van der Waals surface area contributed by atoms with Crippen LogP contribution in [0.2, 0.25) is 0 Å². The molecule has 0 aromatic rings. The predicted molar refractivity (Wildman–Crippen MR) is 67.1 cm³/mol. The van der Waals surface area contributed by atoms with Gasteiger partial charge in [0.05, 0.1) is 12.2 Å². The zero-order chi connectivity index (χ0) is 12.1. The lowest BCUT2D eigenvalue weighted by atomic mass is 9.79. The van der Waals surface area contributed by atoms with Gasteiger partial charge >= 0.3 is 0 Å². The summed E-state index contributed by atoms with van der Waals surface area (Å²) >= 11 is 0. The van der Waals surface area contributed by atoms with Gasteiger partial charge < -0.3 is 10.2 Å². The quantitative estimate of drug-likeness (QED) is 0.721. The van der Waals surface area contributed by atoms with Crippen LogP contribution in [0.15, 0.2) is 23.8 Å². The Morgan fingerprint density at radius 2 is 2.06 bits per heavy atom. The fourth-order valence-electron chi connectivity index (χ4n) is 2.30. The van der Waals surface area contributed by atoms with E-state index in [-0.39, 0.29) is 18.1 Å². The van der Waals surface area contributed by atoms with Gasteiger partial charge in [0.25, 0.3) is 0 Å². The number of aliphatic hydroxyl groups is 2. The van der Waals surface area contributed by atoms with Gasteiger partial charge in [0.2, 0.25) is 0 Å². The Morgan fingerprint density at radius 1 is 1.38 bits per heavy atom. The summed E-state index contributed by atoms with van der Waals surface area (Å²) in [4.78, 5) is 0. The lowest BCUT2D eigenvalue weighted by Crippen LogP contribution is -2.32. The van der Waals surface area contributed by atoms with Crippen molar-refractivity contribution in [2.45, 2.75) is 52.2 Å². The van der Waals surface area contributed by atoms with Crippen LogP contribution in [0, 0.1) is 11.8 Å². The second kappa shape index (κ2) is 6.21. The van der Waals surface area contributed by atoms with E-state index in [1.807, 2.05) is 0 Å². The van der Waals surface area contributed by atoms with Crippen molar-refractivity contribution in [3.05, 3.63) is 23.8 Å². The zero-order valence-electron chi connectivity index (χ0n) is 10.6. The van der Waals surface area contributed by atoms with Gasteiger partial charge in [-0.05, 0) is 44.9 Å². The van der Waals surface area contributed by atoms with Crippen LogP contribution < -0.4 is 0 Å². The van der Waals surface area contributed by atoms with Crippen molar-refractivity contribution in [1.29, 1.82) is 0 Å². The van der Waals surface area contributed by atoms with E-state index >= 15 is 0 Å². The SMILES string of the molecule is CC(C)=CCCC(C)C1CC(O)C=CC1O. The molecule has 0 saturated heterocycles. The minimum atomic E-state index is -0.384. The lowest BCUT2D eigenvalue weighted by Gasteiger charge is -2.31. The zero-order valence-corrected chi connectivity index (χ0v) is 10.6. The topological polar surface area (TPSA) is 40.5 Å². The summed E-state index contributed by atoms with van der Waals surface area (Å²) in [6, 6.07) is 0. The standard InChI is InChI=1S/C14H24O2/c1-10(2)5-4-6-11(3)13-9-12(15)7-8-14(13)16/h5,7-8,11-16H,4,6,9H2,1-3H3. The minimum absolute atomic E-state index is 0.200. The summed E-state index contributed by atoms with van der Waals surface area (Å²) in [5.74, 6) is 0.649. The van der Waals surface area contributed by atoms with Crippen molar-refractivity contribution in [3.8, 4) is 0 Å². The van der Waals surface area contributed by atoms with Gasteiger partial charge in [0.15, 0.2) is 0 Å². The molecule has 0 saturated carbocycles. The molecule has 2 N–H and O–H groups in total. The molecule has 0 fully saturated rings. The van der Waals surface area contributed by atoms with Crippen LogP contribution in [0.5, 0.6) is 0 Å². The Morgan fingerprint density at radius 3 is 2.69 bits per heavy atom. The van der Waals surface area contributed by atoms with Gasteiger partial charge in [0.1, 0.15) is 0 Å². The third-order valence-electron chi connectivity index (χ3n) is 3.39. The van der Waals surface area contributed by atoms with E-state index in [2.05, 4.69) is 26.8 Å². The molecule has 0 radical (unpaired) electrons. The molecule has 0 heterocycles. The Kier molecular flexibility index (Phi) is 5.23. The second-order valence-electron chi connectivity index (χ2n) is 5.18. The highest BCUT2D eigenvalue weighted by Gasteiger charge is 2.28. The molecule has 1 aliphatic rings. The van der Waals surface area contributed by atoms with E-state index in [9.17, 15) is 10.2 Å². The summed E-state index contributed by atoms with van der Waals surface area (Å²) in [6.07, 6.45) is 7.73. The van der Waals surface area contributed by atoms with Gasteiger partial charge in [-0.3, -0.25) is 0 Å². The number of hydrogen-bond donors (Lipinski definition) is 2. The maximum absolute atomic E-state index is 9.85. The maximum atomic E-state index is 9.85. The highest BCUT2D eigenvalue weighted by Crippen LogP contribution is 2.29. The lowest BCUT2D eigenvalue weighted by molar-refractivity contribution is 0.0601. The third kappa shape index (κ3) is 4.11. The second-order valence-corrected chi connectivity index (χ2v) is 5.18. The molecule has 0 bridgehead atoms. The summed E-state index contributed by atoms with van der Waals surface area (Å²) in [5.41, 5.74) is 1.34. The van der Waals surface area contributed by atoms with Crippen LogP contribution in [-0.2, 0) is 0 Å². The minimum Gasteiger partial charge on any atom is -0.389 e. The smallest absolute Gasteiger partial charge is 0.0753 e. The van der Waals surface area contributed by atoms with Crippen molar-refractivity contribution >= 4 is 0 Å². The average molecular weight is 224 g/mol. The summed E-state index contributed by atoms with van der Waals surface area (Å²) < 4.78 is 0. The molecule has 4 atom stereocenters. The highest BCUT2D eigenvalue weighted by molar-refractivity contribution is 5.03. The first-order valence-electron chi connectivity index (χ1n) is 6.18. The fourth-order valence-corrected chi connectivity index (χ4v) is 2.30. The molecule has 0 aromatic heterocycles. The van der Waals surface area contributed by atoms with E-state index in [0.29, 0.717) is 12.3 Å². The molecule has 0 aromatic carbocycles.